The molecule has 3 heterocycles. The normalized spacial score (nSPS) is 11.9. The van der Waals surface area contributed by atoms with Crippen molar-refractivity contribution in [2.45, 2.75) is 40.3 Å². The van der Waals surface area contributed by atoms with Gasteiger partial charge in [-0.25, -0.2) is 4.98 Å². The van der Waals surface area contributed by atoms with Gasteiger partial charge in [-0.05, 0) is 45.4 Å². The molecule has 3 aromatic heterocycles. The molecule has 3 rings (SSSR count). The van der Waals surface area contributed by atoms with Gasteiger partial charge in [-0.2, -0.15) is 5.10 Å². The highest BCUT2D eigenvalue weighted by Crippen LogP contribution is 2.08. The molecule has 0 unspecified atom stereocenters. The monoisotopic (exact) mass is 353 g/mol. The molecule has 7 nitrogen and oxygen atoms in total. The van der Waals surface area contributed by atoms with Crippen LogP contribution >= 0.6 is 0 Å². The molecule has 0 fully saturated rings. The topological polar surface area (TPSA) is 71.5 Å². The summed E-state index contributed by atoms with van der Waals surface area (Å²) >= 11 is 0. The summed E-state index contributed by atoms with van der Waals surface area (Å²) < 4.78 is 4.15. The number of rotatable bonds is 6. The lowest BCUT2D eigenvalue weighted by molar-refractivity contribution is 0.555. The van der Waals surface area contributed by atoms with Gasteiger partial charge in [0, 0.05) is 37.7 Å². The smallest absolute Gasteiger partial charge is 0.191 e. The van der Waals surface area contributed by atoms with Crippen LogP contribution in [-0.4, -0.2) is 38.7 Å². The number of hydrogen-bond donors (Lipinski definition) is 2. The van der Waals surface area contributed by atoms with Crippen molar-refractivity contribution in [3.63, 3.8) is 0 Å². The Labute approximate surface area is 154 Å². The highest BCUT2D eigenvalue weighted by Gasteiger charge is 2.05. The van der Waals surface area contributed by atoms with E-state index in [1.54, 1.807) is 7.05 Å². The van der Waals surface area contributed by atoms with Gasteiger partial charge in [0.25, 0.3) is 0 Å². The maximum Gasteiger partial charge on any atom is 0.191 e. The Kier molecular flexibility index (Phi) is 5.55. The summed E-state index contributed by atoms with van der Waals surface area (Å²) in [6.07, 6.45) is 3.05. The highest BCUT2D eigenvalue weighted by molar-refractivity contribution is 5.79. The summed E-state index contributed by atoms with van der Waals surface area (Å²) in [7, 11) is 1.78. The van der Waals surface area contributed by atoms with Gasteiger partial charge in [0.15, 0.2) is 5.96 Å². The van der Waals surface area contributed by atoms with E-state index in [-0.39, 0.29) is 0 Å². The quantitative estimate of drug-likeness (QED) is 0.405. The van der Waals surface area contributed by atoms with Crippen LogP contribution in [0, 0.1) is 20.8 Å². The van der Waals surface area contributed by atoms with Gasteiger partial charge in [0.2, 0.25) is 0 Å². The molecule has 0 amide bonds. The molecular weight excluding hydrogens is 326 g/mol. The van der Waals surface area contributed by atoms with E-state index < -0.39 is 0 Å². The molecule has 0 radical (unpaired) electrons. The predicted octanol–water partition coefficient (Wildman–Crippen LogP) is 2.21. The second-order valence-corrected chi connectivity index (χ2v) is 6.48. The van der Waals surface area contributed by atoms with Crippen LogP contribution in [0.25, 0.3) is 5.65 Å². The van der Waals surface area contributed by atoms with Crippen molar-refractivity contribution in [1.82, 2.24) is 29.8 Å². The van der Waals surface area contributed by atoms with E-state index in [1.807, 2.05) is 23.7 Å². The first kappa shape index (κ1) is 18.0. The number of aromatic nitrogens is 4. The first-order valence-corrected chi connectivity index (χ1v) is 8.96. The largest absolute Gasteiger partial charge is 0.356 e. The lowest BCUT2D eigenvalue weighted by Gasteiger charge is -2.11. The molecule has 0 aliphatic rings. The van der Waals surface area contributed by atoms with Crippen molar-refractivity contribution < 1.29 is 0 Å². The number of imidazole rings is 1. The fourth-order valence-electron chi connectivity index (χ4n) is 3.02. The van der Waals surface area contributed by atoms with E-state index in [1.165, 1.54) is 11.4 Å². The Balaban J connectivity index is 1.47. The first-order chi connectivity index (χ1) is 12.6. The molecule has 0 saturated heterocycles. The zero-order chi connectivity index (χ0) is 18.5. The lowest BCUT2D eigenvalue weighted by atomic mass is 10.4. The van der Waals surface area contributed by atoms with Gasteiger partial charge in [-0.15, -0.1) is 0 Å². The lowest BCUT2D eigenvalue weighted by Crippen LogP contribution is -2.37. The van der Waals surface area contributed by atoms with Gasteiger partial charge in [-0.3, -0.25) is 9.67 Å². The standard InChI is InChI=1S/C19H27N7/c1-14-11-16(3)26(24-14)10-6-9-21-19(20-4)22-12-17-13-25-15(2)7-5-8-18(25)23-17/h5,7-8,11,13H,6,9-10,12H2,1-4H3,(H2,20,21,22). The Morgan fingerprint density at radius 3 is 2.69 bits per heavy atom. The fraction of sp³-hybridized carbons (Fsp3) is 0.421. The van der Waals surface area contributed by atoms with E-state index in [0.29, 0.717) is 6.54 Å². The van der Waals surface area contributed by atoms with Crippen molar-refractivity contribution >= 4 is 11.6 Å². The van der Waals surface area contributed by atoms with E-state index in [4.69, 9.17) is 0 Å². The van der Waals surface area contributed by atoms with E-state index in [0.717, 1.165) is 42.5 Å². The van der Waals surface area contributed by atoms with Gasteiger partial charge >= 0.3 is 0 Å². The number of fused-ring (bicyclic) bond motifs is 1. The van der Waals surface area contributed by atoms with Gasteiger partial charge in [0.05, 0.1) is 17.9 Å². The third kappa shape index (κ3) is 4.22. The second-order valence-electron chi connectivity index (χ2n) is 6.48. The zero-order valence-corrected chi connectivity index (χ0v) is 16.0. The van der Waals surface area contributed by atoms with Gasteiger partial charge < -0.3 is 15.0 Å². The van der Waals surface area contributed by atoms with Crippen LogP contribution in [0.15, 0.2) is 35.5 Å². The van der Waals surface area contributed by atoms with Gasteiger partial charge in [-0.1, -0.05) is 6.07 Å². The number of nitrogens with one attached hydrogen (secondary N) is 2. The molecule has 0 aliphatic heterocycles. The average Bonchev–Trinajstić information content (AvgIpc) is 3.17. The molecular formula is C19H27N7. The number of nitrogens with zero attached hydrogens (tertiary/aromatic N) is 5. The molecule has 26 heavy (non-hydrogen) atoms. The maximum atomic E-state index is 4.63. The van der Waals surface area contributed by atoms with Crippen molar-refractivity contribution in [2.24, 2.45) is 4.99 Å². The third-order valence-electron chi connectivity index (χ3n) is 4.35. The Bertz CT molecular complexity index is 904. The minimum absolute atomic E-state index is 0.637. The summed E-state index contributed by atoms with van der Waals surface area (Å²) in [5.41, 5.74) is 5.40. The summed E-state index contributed by atoms with van der Waals surface area (Å²) in [5, 5.41) is 11.1. The SMILES string of the molecule is CN=C(NCCCn1nc(C)cc1C)NCc1cn2c(C)cccc2n1. The zero-order valence-electron chi connectivity index (χ0n) is 16.0. The van der Waals surface area contributed by atoms with Crippen molar-refractivity contribution in [1.29, 1.82) is 0 Å². The van der Waals surface area contributed by atoms with E-state index >= 15 is 0 Å². The van der Waals surface area contributed by atoms with Crippen LogP contribution < -0.4 is 10.6 Å². The van der Waals surface area contributed by atoms with Crippen LogP contribution in [-0.2, 0) is 13.1 Å². The molecule has 0 spiro atoms. The third-order valence-corrected chi connectivity index (χ3v) is 4.35. The Morgan fingerprint density at radius 2 is 2.00 bits per heavy atom. The summed E-state index contributed by atoms with van der Waals surface area (Å²) in [5.74, 6) is 0.784. The van der Waals surface area contributed by atoms with E-state index in [9.17, 15) is 0 Å². The van der Waals surface area contributed by atoms with Crippen LogP contribution in [0.3, 0.4) is 0 Å². The minimum atomic E-state index is 0.637. The molecule has 0 aromatic carbocycles. The van der Waals surface area contributed by atoms with Gasteiger partial charge in [0.1, 0.15) is 5.65 Å². The molecule has 7 heteroatoms. The average molecular weight is 353 g/mol. The molecule has 3 aromatic rings. The summed E-state index contributed by atoms with van der Waals surface area (Å²) in [6, 6.07) is 8.22. The van der Waals surface area contributed by atoms with Crippen molar-refractivity contribution in [3.05, 3.63) is 53.2 Å². The maximum absolute atomic E-state index is 4.63. The van der Waals surface area contributed by atoms with Crippen molar-refractivity contribution in [3.8, 4) is 0 Å². The van der Waals surface area contributed by atoms with Crippen molar-refractivity contribution in [2.75, 3.05) is 13.6 Å². The summed E-state index contributed by atoms with van der Waals surface area (Å²) in [4.78, 5) is 8.91. The van der Waals surface area contributed by atoms with Crippen LogP contribution in [0.1, 0.15) is 29.2 Å². The molecule has 138 valence electrons. The fourth-order valence-corrected chi connectivity index (χ4v) is 3.02. The number of aryl methyl sites for hydroxylation is 4. The first-order valence-electron chi connectivity index (χ1n) is 8.96. The predicted molar refractivity (Wildman–Crippen MR) is 104 cm³/mol. The molecule has 0 saturated carbocycles. The highest BCUT2D eigenvalue weighted by atomic mass is 15.3. The van der Waals surface area contributed by atoms with E-state index in [2.05, 4.69) is 62.3 Å². The number of guanidine groups is 1. The molecule has 0 atom stereocenters. The molecule has 0 aliphatic carbocycles. The second kappa shape index (κ2) is 8.03. The van der Waals surface area contributed by atoms with Crippen LogP contribution in [0.4, 0.5) is 0 Å². The van der Waals surface area contributed by atoms with Crippen LogP contribution in [0.5, 0.6) is 0 Å². The Morgan fingerprint density at radius 1 is 1.15 bits per heavy atom. The number of pyridine rings is 1. The van der Waals surface area contributed by atoms with Crippen LogP contribution in [0.2, 0.25) is 0 Å². The Hall–Kier alpha value is -2.83. The minimum Gasteiger partial charge on any atom is -0.356 e. The summed E-state index contributed by atoms with van der Waals surface area (Å²) in [6.45, 7) is 8.56. The number of aliphatic imine (C=N–C) groups is 1. The number of hydrogen-bond acceptors (Lipinski definition) is 3. The molecule has 0 bridgehead atoms. The molecule has 2 N–H and O–H groups in total.